The van der Waals surface area contributed by atoms with Crippen molar-refractivity contribution in [2.75, 3.05) is 24.4 Å². The average Bonchev–Trinajstić information content (AvgIpc) is 2.47. The van der Waals surface area contributed by atoms with E-state index in [-0.39, 0.29) is 11.5 Å². The molecule has 1 N–H and O–H groups in total. The van der Waals surface area contributed by atoms with Crippen LogP contribution in [0.5, 0.6) is 0 Å². The van der Waals surface area contributed by atoms with E-state index >= 15 is 0 Å². The molecule has 0 aliphatic carbocycles. The predicted molar refractivity (Wildman–Crippen MR) is 74.9 cm³/mol. The largest absolute Gasteiger partial charge is 0.465 e. The minimum atomic E-state index is -0.701. The zero-order valence-electron chi connectivity index (χ0n) is 11.5. The summed E-state index contributed by atoms with van der Waals surface area (Å²) >= 11 is 0. The molecule has 0 radical (unpaired) electrons. The van der Waals surface area contributed by atoms with Crippen molar-refractivity contribution in [1.82, 2.24) is 0 Å². The van der Waals surface area contributed by atoms with Crippen molar-refractivity contribution in [2.24, 2.45) is 0 Å². The topological polar surface area (TPSA) is 82.4 Å². The fraction of sp³-hybridized carbons (Fsp3) is 0.214. The molecule has 6 nitrogen and oxygen atoms in total. The summed E-state index contributed by atoms with van der Waals surface area (Å²) < 4.78 is 4.45. The van der Waals surface area contributed by atoms with Gasteiger partial charge in [0, 0.05) is 31.5 Å². The number of amides is 1. The van der Waals surface area contributed by atoms with Gasteiger partial charge in [-0.3, -0.25) is 4.79 Å². The molecule has 0 heterocycles. The van der Waals surface area contributed by atoms with Crippen LogP contribution in [-0.2, 0) is 14.3 Å². The molecule has 0 aliphatic heterocycles. The number of carbonyl (C=O) groups excluding carboxylic acids is 2. The van der Waals surface area contributed by atoms with Crippen LogP contribution in [0.1, 0.15) is 6.92 Å². The minimum absolute atomic E-state index is 0.0666. The maximum absolute atomic E-state index is 11.2. The summed E-state index contributed by atoms with van der Waals surface area (Å²) in [5.74, 6) is -0.768. The first-order chi connectivity index (χ1) is 9.49. The lowest BCUT2D eigenvalue weighted by atomic mass is 10.2. The van der Waals surface area contributed by atoms with E-state index in [1.807, 2.05) is 0 Å². The van der Waals surface area contributed by atoms with Gasteiger partial charge in [-0.25, -0.2) is 4.79 Å². The standard InChI is InChI=1S/C14H15N3O3/c1-10(18)17(2)13-6-4-12(5-7-13)16-9-11(8-15)14(19)20-3/h4-7,9,16H,1-3H3/b11-9+. The minimum Gasteiger partial charge on any atom is -0.465 e. The van der Waals surface area contributed by atoms with Gasteiger partial charge in [-0.2, -0.15) is 5.26 Å². The number of nitrogens with zero attached hydrogens (tertiary/aromatic N) is 2. The normalized spacial score (nSPS) is 10.4. The maximum Gasteiger partial charge on any atom is 0.350 e. The SMILES string of the molecule is COC(=O)/C(C#N)=C/Nc1ccc(N(C)C(C)=O)cc1. The Balaban J connectivity index is 2.81. The summed E-state index contributed by atoms with van der Waals surface area (Å²) in [6, 6.07) is 8.71. The zero-order valence-corrected chi connectivity index (χ0v) is 11.5. The Morgan fingerprint density at radius 1 is 1.35 bits per heavy atom. The second kappa shape index (κ2) is 6.95. The highest BCUT2D eigenvalue weighted by Crippen LogP contribution is 2.17. The van der Waals surface area contributed by atoms with Gasteiger partial charge in [-0.05, 0) is 24.3 Å². The quantitative estimate of drug-likeness (QED) is 0.512. The number of carbonyl (C=O) groups is 2. The highest BCUT2D eigenvalue weighted by molar-refractivity contribution is 5.93. The number of hydrogen-bond donors (Lipinski definition) is 1. The molecule has 0 atom stereocenters. The Morgan fingerprint density at radius 2 is 1.95 bits per heavy atom. The van der Waals surface area contributed by atoms with E-state index in [2.05, 4.69) is 10.1 Å². The van der Waals surface area contributed by atoms with Crippen LogP contribution in [0, 0.1) is 11.3 Å². The molecule has 0 unspecified atom stereocenters. The summed E-state index contributed by atoms with van der Waals surface area (Å²) in [7, 11) is 2.88. The molecule has 1 aromatic rings. The van der Waals surface area contributed by atoms with Crippen molar-refractivity contribution >= 4 is 23.3 Å². The summed E-state index contributed by atoms with van der Waals surface area (Å²) in [5.41, 5.74) is 1.31. The zero-order chi connectivity index (χ0) is 15.1. The van der Waals surface area contributed by atoms with Crippen LogP contribution in [0.15, 0.2) is 36.0 Å². The van der Waals surface area contributed by atoms with Gasteiger partial charge in [0.2, 0.25) is 5.91 Å². The van der Waals surface area contributed by atoms with Crippen molar-refractivity contribution in [3.05, 3.63) is 36.0 Å². The number of benzene rings is 1. The summed E-state index contributed by atoms with van der Waals surface area (Å²) in [6.45, 7) is 1.48. The fourth-order valence-electron chi connectivity index (χ4n) is 1.37. The molecular weight excluding hydrogens is 258 g/mol. The van der Waals surface area contributed by atoms with Crippen molar-refractivity contribution in [2.45, 2.75) is 6.92 Å². The monoisotopic (exact) mass is 273 g/mol. The van der Waals surface area contributed by atoms with Gasteiger partial charge in [0.05, 0.1) is 7.11 Å². The van der Waals surface area contributed by atoms with E-state index in [0.29, 0.717) is 5.69 Å². The Morgan fingerprint density at radius 3 is 2.40 bits per heavy atom. The Labute approximate surface area is 117 Å². The van der Waals surface area contributed by atoms with Crippen molar-refractivity contribution in [1.29, 1.82) is 5.26 Å². The number of hydrogen-bond acceptors (Lipinski definition) is 5. The highest BCUT2D eigenvalue weighted by Gasteiger charge is 2.08. The van der Waals surface area contributed by atoms with E-state index in [4.69, 9.17) is 5.26 Å². The van der Waals surface area contributed by atoms with Crippen LogP contribution in [0.25, 0.3) is 0 Å². The highest BCUT2D eigenvalue weighted by atomic mass is 16.5. The first-order valence-corrected chi connectivity index (χ1v) is 5.79. The van der Waals surface area contributed by atoms with E-state index < -0.39 is 5.97 Å². The van der Waals surface area contributed by atoms with Crippen LogP contribution >= 0.6 is 0 Å². The van der Waals surface area contributed by atoms with Crippen LogP contribution < -0.4 is 10.2 Å². The third-order valence-corrected chi connectivity index (χ3v) is 2.64. The fourth-order valence-corrected chi connectivity index (χ4v) is 1.37. The third kappa shape index (κ3) is 3.85. The first kappa shape index (κ1) is 15.2. The number of rotatable bonds is 4. The number of ether oxygens (including phenoxy) is 1. The van der Waals surface area contributed by atoms with Gasteiger partial charge in [0.15, 0.2) is 5.57 Å². The van der Waals surface area contributed by atoms with Gasteiger partial charge >= 0.3 is 5.97 Å². The number of nitrogens with one attached hydrogen (secondary N) is 1. The number of methoxy groups -OCH3 is 1. The molecule has 0 bridgehead atoms. The molecule has 20 heavy (non-hydrogen) atoms. The molecule has 0 saturated heterocycles. The molecule has 0 spiro atoms. The lowest BCUT2D eigenvalue weighted by molar-refractivity contribution is -0.135. The van der Waals surface area contributed by atoms with Crippen molar-refractivity contribution in [3.8, 4) is 6.07 Å². The van der Waals surface area contributed by atoms with Crippen LogP contribution in [0.4, 0.5) is 11.4 Å². The maximum atomic E-state index is 11.2. The van der Waals surface area contributed by atoms with Crippen LogP contribution in [-0.4, -0.2) is 26.0 Å². The molecule has 6 heteroatoms. The van der Waals surface area contributed by atoms with Crippen LogP contribution in [0.3, 0.4) is 0 Å². The Bertz CT molecular complexity index is 570. The van der Waals surface area contributed by atoms with Crippen molar-refractivity contribution < 1.29 is 14.3 Å². The number of esters is 1. The van der Waals surface area contributed by atoms with E-state index in [9.17, 15) is 9.59 Å². The van der Waals surface area contributed by atoms with E-state index in [0.717, 1.165) is 5.69 Å². The molecule has 0 aliphatic rings. The summed E-state index contributed by atoms with van der Waals surface area (Å²) in [4.78, 5) is 23.9. The van der Waals surface area contributed by atoms with E-state index in [1.54, 1.807) is 37.4 Å². The molecular formula is C14H15N3O3. The molecule has 1 aromatic carbocycles. The smallest absolute Gasteiger partial charge is 0.350 e. The van der Waals surface area contributed by atoms with Crippen molar-refractivity contribution in [3.63, 3.8) is 0 Å². The lowest BCUT2D eigenvalue weighted by Crippen LogP contribution is -2.22. The van der Waals surface area contributed by atoms with Gasteiger partial charge < -0.3 is 15.0 Å². The number of nitriles is 1. The predicted octanol–water partition coefficient (Wildman–Crippen LogP) is 1.66. The Kier molecular flexibility index (Phi) is 5.30. The molecule has 1 amide bonds. The van der Waals surface area contributed by atoms with Gasteiger partial charge in [-0.15, -0.1) is 0 Å². The first-order valence-electron chi connectivity index (χ1n) is 5.79. The second-order valence-corrected chi connectivity index (χ2v) is 3.93. The molecule has 0 saturated carbocycles. The third-order valence-electron chi connectivity index (χ3n) is 2.64. The van der Waals surface area contributed by atoms with Gasteiger partial charge in [0.25, 0.3) is 0 Å². The molecule has 0 aromatic heterocycles. The van der Waals surface area contributed by atoms with Gasteiger partial charge in [-0.1, -0.05) is 0 Å². The molecule has 104 valence electrons. The Hall–Kier alpha value is -2.81. The van der Waals surface area contributed by atoms with Crippen LogP contribution in [0.2, 0.25) is 0 Å². The lowest BCUT2D eigenvalue weighted by Gasteiger charge is -2.15. The molecule has 1 rings (SSSR count). The molecule has 0 fully saturated rings. The number of anilines is 2. The summed E-state index contributed by atoms with van der Waals surface area (Å²) in [6.07, 6.45) is 1.27. The summed E-state index contributed by atoms with van der Waals surface area (Å²) in [5, 5.41) is 11.6. The second-order valence-electron chi connectivity index (χ2n) is 3.93. The van der Waals surface area contributed by atoms with Gasteiger partial charge in [0.1, 0.15) is 6.07 Å². The van der Waals surface area contributed by atoms with E-state index in [1.165, 1.54) is 25.1 Å². The average molecular weight is 273 g/mol.